The van der Waals surface area contributed by atoms with Crippen LogP contribution in [0.25, 0.3) is 0 Å². The van der Waals surface area contributed by atoms with Crippen LogP contribution in [-0.4, -0.2) is 16.0 Å². The molecule has 1 heterocycles. The molecule has 0 aliphatic heterocycles. The van der Waals surface area contributed by atoms with Gasteiger partial charge in [0.05, 0.1) is 0 Å². The zero-order valence-electron chi connectivity index (χ0n) is 8.00. The van der Waals surface area contributed by atoms with Crippen LogP contribution >= 0.6 is 11.6 Å². The van der Waals surface area contributed by atoms with Crippen molar-refractivity contribution in [3.8, 4) is 0 Å². The van der Waals surface area contributed by atoms with E-state index in [1.54, 1.807) is 6.07 Å². The van der Waals surface area contributed by atoms with E-state index in [0.717, 1.165) is 5.92 Å². The standard InChI is InChI=1S/C9H13ClN4/c1-5(6-2-3-6)12-8-4-7(10)13-9(11)14-8/h4-6H,2-3H2,1H3,(H3,11,12,13,14)/t5-/m1/s1. The van der Waals surface area contributed by atoms with Crippen molar-refractivity contribution in [3.05, 3.63) is 11.2 Å². The molecule has 4 nitrogen and oxygen atoms in total. The van der Waals surface area contributed by atoms with Crippen molar-refractivity contribution in [2.75, 3.05) is 11.1 Å². The monoisotopic (exact) mass is 212 g/mol. The normalized spacial score (nSPS) is 17.9. The maximum Gasteiger partial charge on any atom is 0.223 e. The van der Waals surface area contributed by atoms with Gasteiger partial charge in [0.15, 0.2) is 0 Å². The number of nitrogens with zero attached hydrogens (tertiary/aromatic N) is 2. The summed E-state index contributed by atoms with van der Waals surface area (Å²) in [6.07, 6.45) is 2.59. The number of hydrogen-bond donors (Lipinski definition) is 2. The van der Waals surface area contributed by atoms with E-state index < -0.39 is 0 Å². The second-order valence-electron chi connectivity index (χ2n) is 3.70. The molecule has 0 radical (unpaired) electrons. The van der Waals surface area contributed by atoms with Gasteiger partial charge in [0.2, 0.25) is 5.95 Å². The Morgan fingerprint density at radius 2 is 2.29 bits per heavy atom. The van der Waals surface area contributed by atoms with Crippen molar-refractivity contribution in [1.29, 1.82) is 0 Å². The first-order valence-corrected chi connectivity index (χ1v) is 5.09. The summed E-state index contributed by atoms with van der Waals surface area (Å²) in [5.74, 6) is 1.69. The summed E-state index contributed by atoms with van der Waals surface area (Å²) in [4.78, 5) is 7.85. The molecule has 0 bridgehead atoms. The average molecular weight is 213 g/mol. The number of rotatable bonds is 3. The van der Waals surface area contributed by atoms with E-state index in [-0.39, 0.29) is 5.95 Å². The van der Waals surface area contributed by atoms with Gasteiger partial charge in [-0.15, -0.1) is 0 Å². The lowest BCUT2D eigenvalue weighted by atomic mass is 10.2. The molecule has 0 aromatic carbocycles. The average Bonchev–Trinajstić information content (AvgIpc) is 2.82. The molecule has 1 aromatic rings. The lowest BCUT2D eigenvalue weighted by Gasteiger charge is -2.13. The van der Waals surface area contributed by atoms with E-state index in [9.17, 15) is 0 Å². The van der Waals surface area contributed by atoms with Gasteiger partial charge < -0.3 is 11.1 Å². The molecule has 1 aliphatic rings. The topological polar surface area (TPSA) is 63.8 Å². The maximum absolute atomic E-state index is 5.76. The van der Waals surface area contributed by atoms with Crippen molar-refractivity contribution < 1.29 is 0 Å². The number of hydrogen-bond acceptors (Lipinski definition) is 4. The Labute approximate surface area is 87.9 Å². The Hall–Kier alpha value is -1.03. The molecule has 1 saturated carbocycles. The molecule has 1 aliphatic carbocycles. The first-order valence-electron chi connectivity index (χ1n) is 4.72. The van der Waals surface area contributed by atoms with Crippen LogP contribution in [0.5, 0.6) is 0 Å². The van der Waals surface area contributed by atoms with Crippen molar-refractivity contribution in [3.63, 3.8) is 0 Å². The second kappa shape index (κ2) is 3.61. The molecule has 0 saturated heterocycles. The highest BCUT2D eigenvalue weighted by Crippen LogP contribution is 2.33. The molecule has 0 unspecified atom stereocenters. The molecule has 76 valence electrons. The lowest BCUT2D eigenvalue weighted by Crippen LogP contribution is -2.18. The van der Waals surface area contributed by atoms with Gasteiger partial charge in [-0.3, -0.25) is 0 Å². The molecular weight excluding hydrogens is 200 g/mol. The molecule has 1 aromatic heterocycles. The molecule has 1 fully saturated rings. The van der Waals surface area contributed by atoms with Crippen molar-refractivity contribution >= 4 is 23.4 Å². The third-order valence-corrected chi connectivity index (χ3v) is 2.61. The quantitative estimate of drug-likeness (QED) is 0.752. The van der Waals surface area contributed by atoms with Crippen molar-refractivity contribution in [2.45, 2.75) is 25.8 Å². The zero-order chi connectivity index (χ0) is 10.1. The van der Waals surface area contributed by atoms with Gasteiger partial charge in [0.1, 0.15) is 11.0 Å². The Balaban J connectivity index is 2.07. The van der Waals surface area contributed by atoms with Crippen LogP contribution in [0.1, 0.15) is 19.8 Å². The Morgan fingerprint density at radius 1 is 1.57 bits per heavy atom. The number of anilines is 2. The summed E-state index contributed by atoms with van der Waals surface area (Å²) in [6, 6.07) is 2.12. The van der Waals surface area contributed by atoms with Crippen LogP contribution in [0.4, 0.5) is 11.8 Å². The predicted molar refractivity (Wildman–Crippen MR) is 57.3 cm³/mol. The summed E-state index contributed by atoms with van der Waals surface area (Å²) in [5.41, 5.74) is 5.48. The number of nitrogens with two attached hydrogens (primary N) is 1. The Morgan fingerprint density at radius 3 is 2.86 bits per heavy atom. The van der Waals surface area contributed by atoms with E-state index in [0.29, 0.717) is 17.0 Å². The summed E-state index contributed by atoms with van der Waals surface area (Å²) < 4.78 is 0. The largest absolute Gasteiger partial charge is 0.368 e. The van der Waals surface area contributed by atoms with Gasteiger partial charge in [-0.25, -0.2) is 4.98 Å². The zero-order valence-corrected chi connectivity index (χ0v) is 8.75. The molecule has 0 amide bonds. The van der Waals surface area contributed by atoms with E-state index in [4.69, 9.17) is 17.3 Å². The van der Waals surface area contributed by atoms with Crippen molar-refractivity contribution in [1.82, 2.24) is 9.97 Å². The van der Waals surface area contributed by atoms with Gasteiger partial charge in [0.25, 0.3) is 0 Å². The number of halogens is 1. The van der Waals surface area contributed by atoms with E-state index in [1.807, 2.05) is 0 Å². The van der Waals surface area contributed by atoms with E-state index in [1.165, 1.54) is 12.8 Å². The van der Waals surface area contributed by atoms with E-state index in [2.05, 4.69) is 22.2 Å². The van der Waals surface area contributed by atoms with E-state index >= 15 is 0 Å². The van der Waals surface area contributed by atoms with Crippen LogP contribution in [0.2, 0.25) is 5.15 Å². The molecule has 1 atom stereocenters. The fourth-order valence-electron chi connectivity index (χ4n) is 1.46. The van der Waals surface area contributed by atoms with Gasteiger partial charge in [-0.05, 0) is 25.7 Å². The Kier molecular flexibility index (Phi) is 2.46. The smallest absolute Gasteiger partial charge is 0.223 e. The fourth-order valence-corrected chi connectivity index (χ4v) is 1.65. The summed E-state index contributed by atoms with van der Waals surface area (Å²) >= 11 is 5.76. The van der Waals surface area contributed by atoms with Gasteiger partial charge in [-0.1, -0.05) is 11.6 Å². The molecule has 0 spiro atoms. The summed E-state index contributed by atoms with van der Waals surface area (Å²) in [7, 11) is 0. The van der Waals surface area contributed by atoms with Gasteiger partial charge in [-0.2, -0.15) is 4.98 Å². The SMILES string of the molecule is C[C@@H](Nc1cc(Cl)nc(N)n1)C1CC1. The summed E-state index contributed by atoms with van der Waals surface area (Å²) in [6.45, 7) is 2.14. The molecule has 14 heavy (non-hydrogen) atoms. The molecule has 2 rings (SSSR count). The molecular formula is C9H13ClN4. The predicted octanol–water partition coefficient (Wildman–Crippen LogP) is 1.92. The minimum absolute atomic E-state index is 0.211. The number of nitrogen functional groups attached to an aromatic ring is 1. The highest BCUT2D eigenvalue weighted by Gasteiger charge is 2.28. The minimum atomic E-state index is 0.211. The summed E-state index contributed by atoms with van der Waals surface area (Å²) in [5, 5.41) is 3.65. The van der Waals surface area contributed by atoms with Crippen LogP contribution in [-0.2, 0) is 0 Å². The Bertz CT molecular complexity index is 317. The number of aromatic nitrogens is 2. The maximum atomic E-state index is 5.76. The highest BCUT2D eigenvalue weighted by molar-refractivity contribution is 6.29. The van der Waals surface area contributed by atoms with Gasteiger partial charge in [0, 0.05) is 12.1 Å². The van der Waals surface area contributed by atoms with Crippen LogP contribution in [0.3, 0.4) is 0 Å². The molecule has 3 N–H and O–H groups in total. The van der Waals surface area contributed by atoms with Crippen LogP contribution in [0.15, 0.2) is 6.07 Å². The second-order valence-corrected chi connectivity index (χ2v) is 4.09. The third-order valence-electron chi connectivity index (χ3n) is 2.42. The third kappa shape index (κ3) is 2.26. The molecule has 5 heteroatoms. The first kappa shape index (κ1) is 9.52. The highest BCUT2D eigenvalue weighted by atomic mass is 35.5. The van der Waals surface area contributed by atoms with Crippen molar-refractivity contribution in [2.24, 2.45) is 5.92 Å². The van der Waals surface area contributed by atoms with Crippen LogP contribution < -0.4 is 11.1 Å². The fraction of sp³-hybridized carbons (Fsp3) is 0.556. The first-order chi connectivity index (χ1) is 6.65. The lowest BCUT2D eigenvalue weighted by molar-refractivity contribution is 0.690. The van der Waals surface area contributed by atoms with Gasteiger partial charge >= 0.3 is 0 Å². The van der Waals surface area contributed by atoms with Crippen LogP contribution in [0, 0.1) is 5.92 Å². The minimum Gasteiger partial charge on any atom is -0.368 e. The number of nitrogens with one attached hydrogen (secondary N) is 1.